The fraction of sp³-hybridized carbons (Fsp3) is 0.394. The Morgan fingerprint density at radius 1 is 0.789 bits per heavy atom. The predicted octanol–water partition coefficient (Wildman–Crippen LogP) is 9.55. The molecule has 0 spiro atoms. The van der Waals surface area contributed by atoms with Crippen molar-refractivity contribution in [2.24, 2.45) is 5.92 Å². The Hall–Kier alpha value is -3.21. The normalized spacial score (nSPS) is 15.3. The number of unbranched alkanes of at least 4 members (excludes halogenated alkanes) is 1. The smallest absolute Gasteiger partial charge is 0.166 e. The summed E-state index contributed by atoms with van der Waals surface area (Å²) >= 11 is 0. The van der Waals surface area contributed by atoms with E-state index in [4.69, 9.17) is 9.47 Å². The first-order chi connectivity index (χ1) is 18.5. The Balaban J connectivity index is 1.34. The number of ether oxygens (including phenoxy) is 2. The van der Waals surface area contributed by atoms with Gasteiger partial charge in [-0.15, -0.1) is 0 Å². The first kappa shape index (κ1) is 27.8. The fourth-order valence-electron chi connectivity index (χ4n) is 4.89. The number of hydrogen-bond donors (Lipinski definition) is 0. The van der Waals surface area contributed by atoms with Gasteiger partial charge in [-0.05, 0) is 91.8 Å². The van der Waals surface area contributed by atoms with Gasteiger partial charge in [0.1, 0.15) is 17.3 Å². The lowest BCUT2D eigenvalue weighted by Crippen LogP contribution is -2.08. The van der Waals surface area contributed by atoms with Gasteiger partial charge in [0.2, 0.25) is 0 Å². The molecular weight excluding hydrogens is 485 g/mol. The van der Waals surface area contributed by atoms with Crippen LogP contribution in [-0.2, 0) is 6.42 Å². The van der Waals surface area contributed by atoms with Crippen LogP contribution < -0.4 is 9.47 Å². The van der Waals surface area contributed by atoms with Crippen molar-refractivity contribution in [3.8, 4) is 22.6 Å². The molecule has 0 aromatic heterocycles. The molecule has 0 saturated carbocycles. The quantitative estimate of drug-likeness (QED) is 0.221. The molecule has 0 aliphatic heterocycles. The van der Waals surface area contributed by atoms with Crippen LogP contribution in [0.1, 0.15) is 69.9 Å². The maximum atomic E-state index is 14.9. The van der Waals surface area contributed by atoms with Gasteiger partial charge in [-0.1, -0.05) is 50.6 Å². The number of rotatable bonds is 12. The molecule has 0 radical (unpaired) electrons. The summed E-state index contributed by atoms with van der Waals surface area (Å²) in [6.07, 6.45) is 8.68. The van der Waals surface area contributed by atoms with Crippen molar-refractivity contribution in [3.05, 3.63) is 89.3 Å². The number of benzene rings is 3. The molecule has 202 valence electrons. The minimum absolute atomic E-state index is 0.252. The molecule has 3 aromatic rings. The third kappa shape index (κ3) is 7.00. The van der Waals surface area contributed by atoms with Crippen molar-refractivity contribution in [1.29, 1.82) is 0 Å². The van der Waals surface area contributed by atoms with E-state index in [9.17, 15) is 13.2 Å². The van der Waals surface area contributed by atoms with E-state index in [-0.39, 0.29) is 11.4 Å². The highest BCUT2D eigenvalue weighted by Gasteiger charge is 2.20. The topological polar surface area (TPSA) is 18.5 Å². The predicted molar refractivity (Wildman–Crippen MR) is 148 cm³/mol. The lowest BCUT2D eigenvalue weighted by molar-refractivity contribution is 0.308. The van der Waals surface area contributed by atoms with Crippen LogP contribution in [0.15, 0.2) is 60.7 Å². The lowest BCUT2D eigenvalue weighted by Gasteiger charge is -2.23. The minimum Gasteiger partial charge on any atom is -0.494 e. The van der Waals surface area contributed by atoms with E-state index < -0.39 is 11.6 Å². The van der Waals surface area contributed by atoms with Gasteiger partial charge in [-0.2, -0.15) is 0 Å². The van der Waals surface area contributed by atoms with Crippen LogP contribution in [-0.4, -0.2) is 13.2 Å². The molecule has 0 amide bonds. The van der Waals surface area contributed by atoms with Crippen LogP contribution in [0.4, 0.5) is 13.2 Å². The summed E-state index contributed by atoms with van der Waals surface area (Å²) in [5.41, 5.74) is 2.90. The Morgan fingerprint density at radius 3 is 2.21 bits per heavy atom. The summed E-state index contributed by atoms with van der Waals surface area (Å²) in [7, 11) is 0. The number of halogens is 3. The van der Waals surface area contributed by atoms with E-state index in [1.54, 1.807) is 42.5 Å². The number of hydrogen-bond acceptors (Lipinski definition) is 2. The summed E-state index contributed by atoms with van der Waals surface area (Å²) in [5, 5.41) is 0. The van der Waals surface area contributed by atoms with Gasteiger partial charge in [-0.25, -0.2) is 13.2 Å². The Bertz CT molecular complexity index is 1230. The first-order valence-electron chi connectivity index (χ1n) is 13.8. The van der Waals surface area contributed by atoms with Gasteiger partial charge in [0.25, 0.3) is 0 Å². The van der Waals surface area contributed by atoms with Crippen molar-refractivity contribution < 1.29 is 22.6 Å². The highest BCUT2D eigenvalue weighted by Crippen LogP contribution is 2.35. The Labute approximate surface area is 224 Å². The van der Waals surface area contributed by atoms with Crippen molar-refractivity contribution in [1.82, 2.24) is 0 Å². The highest BCUT2D eigenvalue weighted by atomic mass is 19.2. The average Bonchev–Trinajstić information content (AvgIpc) is 2.94. The summed E-state index contributed by atoms with van der Waals surface area (Å²) in [6, 6.07) is 15.5. The van der Waals surface area contributed by atoms with Crippen LogP contribution in [0.25, 0.3) is 16.7 Å². The first-order valence-corrected chi connectivity index (χ1v) is 13.8. The molecule has 2 nitrogen and oxygen atoms in total. The maximum Gasteiger partial charge on any atom is 0.166 e. The van der Waals surface area contributed by atoms with Gasteiger partial charge < -0.3 is 9.47 Å². The standard InChI is InChI=1S/C33H37F3O2/c1-3-5-21-38-28-17-19-29(31(34)22-28)24-9-6-23(7-10-24)8-11-26-14-18-30(33(36)32(26)35)25-12-15-27(16-13-25)37-20-4-2/h9,12-19,22-23H,3-8,10-11,20-21H2,1-2H3. The van der Waals surface area contributed by atoms with Gasteiger partial charge in [0, 0.05) is 17.2 Å². The Morgan fingerprint density at radius 2 is 1.53 bits per heavy atom. The largest absolute Gasteiger partial charge is 0.494 e. The molecule has 0 fully saturated rings. The second kappa shape index (κ2) is 13.5. The SMILES string of the molecule is CCCCOc1ccc(C2=CCC(CCc3ccc(-c4ccc(OCCC)cc4)c(F)c3F)CC2)c(F)c1. The molecule has 1 unspecified atom stereocenters. The maximum absolute atomic E-state index is 14.9. The molecule has 1 aliphatic carbocycles. The fourth-order valence-corrected chi connectivity index (χ4v) is 4.89. The second-order valence-corrected chi connectivity index (χ2v) is 10.0. The molecule has 5 heteroatoms. The zero-order chi connectivity index (χ0) is 26.9. The van der Waals surface area contributed by atoms with Crippen LogP contribution in [0.3, 0.4) is 0 Å². The molecule has 4 rings (SSSR count). The molecule has 3 aromatic carbocycles. The van der Waals surface area contributed by atoms with Crippen LogP contribution >= 0.6 is 0 Å². The Kier molecular flexibility index (Phi) is 9.91. The number of aryl methyl sites for hydroxylation is 1. The van der Waals surface area contributed by atoms with E-state index in [0.717, 1.165) is 50.5 Å². The van der Waals surface area contributed by atoms with E-state index in [1.165, 1.54) is 6.07 Å². The van der Waals surface area contributed by atoms with Crippen LogP contribution in [0.5, 0.6) is 11.5 Å². The number of allylic oxidation sites excluding steroid dienone is 2. The van der Waals surface area contributed by atoms with Crippen molar-refractivity contribution in [3.63, 3.8) is 0 Å². The van der Waals surface area contributed by atoms with Crippen LogP contribution in [0.2, 0.25) is 0 Å². The van der Waals surface area contributed by atoms with E-state index in [1.807, 2.05) is 13.0 Å². The van der Waals surface area contributed by atoms with Crippen LogP contribution in [0, 0.1) is 23.4 Å². The monoisotopic (exact) mass is 522 g/mol. The third-order valence-electron chi connectivity index (χ3n) is 7.20. The van der Waals surface area contributed by atoms with Crippen molar-refractivity contribution in [2.45, 2.75) is 65.2 Å². The third-order valence-corrected chi connectivity index (χ3v) is 7.20. The summed E-state index contributed by atoms with van der Waals surface area (Å²) in [5.74, 6) is -0.209. The molecule has 1 aliphatic rings. The zero-order valence-electron chi connectivity index (χ0n) is 22.4. The molecular formula is C33H37F3O2. The van der Waals surface area contributed by atoms with E-state index in [2.05, 4.69) is 13.0 Å². The van der Waals surface area contributed by atoms with Crippen molar-refractivity contribution >= 4 is 5.57 Å². The van der Waals surface area contributed by atoms with E-state index >= 15 is 0 Å². The van der Waals surface area contributed by atoms with Gasteiger partial charge in [0.15, 0.2) is 11.6 Å². The van der Waals surface area contributed by atoms with E-state index in [0.29, 0.717) is 53.7 Å². The average molecular weight is 523 g/mol. The lowest BCUT2D eigenvalue weighted by atomic mass is 9.83. The summed E-state index contributed by atoms with van der Waals surface area (Å²) in [6.45, 7) is 5.33. The molecule has 0 saturated heterocycles. The summed E-state index contributed by atoms with van der Waals surface area (Å²) < 4.78 is 55.8. The summed E-state index contributed by atoms with van der Waals surface area (Å²) in [4.78, 5) is 0. The minimum atomic E-state index is -0.812. The zero-order valence-corrected chi connectivity index (χ0v) is 22.4. The highest BCUT2D eigenvalue weighted by molar-refractivity contribution is 5.67. The van der Waals surface area contributed by atoms with Crippen molar-refractivity contribution in [2.75, 3.05) is 13.2 Å². The molecule has 1 atom stereocenters. The molecule has 0 heterocycles. The second-order valence-electron chi connectivity index (χ2n) is 10.0. The molecule has 38 heavy (non-hydrogen) atoms. The molecule has 0 N–H and O–H groups in total. The van der Waals surface area contributed by atoms with Gasteiger partial charge in [0.05, 0.1) is 13.2 Å². The molecule has 0 bridgehead atoms. The van der Waals surface area contributed by atoms with Gasteiger partial charge >= 0.3 is 0 Å². The van der Waals surface area contributed by atoms with Gasteiger partial charge in [-0.3, -0.25) is 0 Å².